The van der Waals surface area contributed by atoms with Crippen LogP contribution in [0.25, 0.3) is 0 Å². The zero-order valence-electron chi connectivity index (χ0n) is 18.0. The summed E-state index contributed by atoms with van der Waals surface area (Å²) in [6, 6.07) is 6.68. The number of allylic oxidation sites excluding steroid dienone is 2. The van der Waals surface area contributed by atoms with Crippen LogP contribution in [0.5, 0.6) is 0 Å². The molecule has 0 amide bonds. The molecule has 0 spiro atoms. The van der Waals surface area contributed by atoms with Crippen molar-refractivity contribution in [3.05, 3.63) is 71.3 Å². The van der Waals surface area contributed by atoms with Crippen LogP contribution < -0.4 is 9.80 Å². The summed E-state index contributed by atoms with van der Waals surface area (Å²) in [6.45, 7) is 9.49. The molecule has 1 aliphatic heterocycles. The smallest absolute Gasteiger partial charge is 0.369 e. The van der Waals surface area contributed by atoms with E-state index in [1.54, 1.807) is 18.4 Å². The summed E-state index contributed by atoms with van der Waals surface area (Å²) in [5, 5.41) is 0.612. The highest BCUT2D eigenvalue weighted by molar-refractivity contribution is 6.31. The topological polar surface area (TPSA) is 44.6 Å². The number of benzene rings is 1. The lowest BCUT2D eigenvalue weighted by Gasteiger charge is -2.26. The van der Waals surface area contributed by atoms with Gasteiger partial charge in [0.1, 0.15) is 17.3 Å². The molecule has 0 atom stereocenters. The zero-order chi connectivity index (χ0) is 23.3. The third kappa shape index (κ3) is 5.88. The summed E-state index contributed by atoms with van der Waals surface area (Å²) in [5.74, 6) is 0.401. The van der Waals surface area contributed by atoms with Gasteiger partial charge in [0.2, 0.25) is 0 Å². The first kappa shape index (κ1) is 23.8. The average molecular weight is 464 g/mol. The molecule has 0 radical (unpaired) electrons. The van der Waals surface area contributed by atoms with E-state index in [0.717, 1.165) is 36.0 Å². The van der Waals surface area contributed by atoms with Gasteiger partial charge in [-0.3, -0.25) is 4.99 Å². The Labute approximate surface area is 191 Å². The predicted molar refractivity (Wildman–Crippen MR) is 124 cm³/mol. The average Bonchev–Trinajstić information content (AvgIpc) is 2.99. The van der Waals surface area contributed by atoms with E-state index in [0.29, 0.717) is 30.5 Å². The van der Waals surface area contributed by atoms with Crippen LogP contribution >= 0.6 is 11.6 Å². The second kappa shape index (κ2) is 10.2. The number of anilines is 2. The van der Waals surface area contributed by atoms with Crippen molar-refractivity contribution >= 4 is 28.8 Å². The van der Waals surface area contributed by atoms with Crippen molar-refractivity contribution in [3.63, 3.8) is 0 Å². The van der Waals surface area contributed by atoms with E-state index in [-0.39, 0.29) is 5.82 Å². The van der Waals surface area contributed by atoms with Gasteiger partial charge < -0.3 is 9.80 Å². The van der Waals surface area contributed by atoms with Gasteiger partial charge in [-0.25, -0.2) is 9.97 Å². The van der Waals surface area contributed by atoms with E-state index in [2.05, 4.69) is 26.4 Å². The number of aliphatic imine (C=N–C) groups is 1. The van der Waals surface area contributed by atoms with E-state index in [9.17, 15) is 13.2 Å². The summed E-state index contributed by atoms with van der Waals surface area (Å²) in [6.07, 6.45) is 1.33. The molecule has 32 heavy (non-hydrogen) atoms. The molecular formula is C23H25ClF3N5. The number of alkyl halides is 3. The van der Waals surface area contributed by atoms with Crippen LogP contribution in [-0.4, -0.2) is 41.9 Å². The minimum atomic E-state index is -4.51. The summed E-state index contributed by atoms with van der Waals surface area (Å²) in [5.41, 5.74) is 1.81. The van der Waals surface area contributed by atoms with Gasteiger partial charge in [0.25, 0.3) is 0 Å². The molecule has 0 aliphatic carbocycles. The fourth-order valence-corrected chi connectivity index (χ4v) is 3.77. The van der Waals surface area contributed by atoms with E-state index in [1.165, 1.54) is 6.92 Å². The molecule has 0 N–H and O–H groups in total. The standard InChI is InChI=1S/C23H25ClF3N5/c1-4-5-9-28-16(2)19-8-7-18(24)14-20(19)31-10-6-11-32(13-12-31)22-15-21(23(25,26)27)29-17(3)30-22/h4-5,7-9,14-15H,1,6,10-13H2,2-3H3/b9-5-,28-16+. The van der Waals surface area contributed by atoms with Crippen molar-refractivity contribution in [2.24, 2.45) is 4.99 Å². The van der Waals surface area contributed by atoms with E-state index in [4.69, 9.17) is 11.6 Å². The van der Waals surface area contributed by atoms with E-state index >= 15 is 0 Å². The van der Waals surface area contributed by atoms with Gasteiger partial charge in [-0.1, -0.05) is 24.3 Å². The van der Waals surface area contributed by atoms with E-state index in [1.807, 2.05) is 30.0 Å². The molecule has 170 valence electrons. The lowest BCUT2D eigenvalue weighted by atomic mass is 10.1. The maximum absolute atomic E-state index is 13.2. The Hall–Kier alpha value is -2.87. The predicted octanol–water partition coefficient (Wildman–Crippen LogP) is 5.68. The zero-order valence-corrected chi connectivity index (χ0v) is 18.8. The second-order valence-electron chi connectivity index (χ2n) is 7.44. The highest BCUT2D eigenvalue weighted by atomic mass is 35.5. The number of halogens is 4. The Morgan fingerprint density at radius 3 is 2.56 bits per heavy atom. The van der Waals surface area contributed by atoms with Crippen LogP contribution in [0.4, 0.5) is 24.7 Å². The van der Waals surface area contributed by atoms with Gasteiger partial charge in [0.05, 0.1) is 0 Å². The fourth-order valence-electron chi connectivity index (χ4n) is 3.60. The summed E-state index contributed by atoms with van der Waals surface area (Å²) >= 11 is 6.28. The molecule has 2 heterocycles. The first-order chi connectivity index (χ1) is 15.2. The van der Waals surface area contributed by atoms with Crippen molar-refractivity contribution in [3.8, 4) is 0 Å². The summed E-state index contributed by atoms with van der Waals surface area (Å²) in [4.78, 5) is 16.3. The molecular weight excluding hydrogens is 439 g/mol. The maximum atomic E-state index is 13.2. The van der Waals surface area contributed by atoms with Crippen LogP contribution in [0.1, 0.15) is 30.4 Å². The van der Waals surface area contributed by atoms with Gasteiger partial charge in [-0.05, 0) is 44.5 Å². The van der Waals surface area contributed by atoms with Crippen molar-refractivity contribution in [1.29, 1.82) is 0 Å². The Morgan fingerprint density at radius 1 is 1.12 bits per heavy atom. The number of hydrogen-bond donors (Lipinski definition) is 0. The van der Waals surface area contributed by atoms with Crippen LogP contribution in [0.15, 0.2) is 54.2 Å². The molecule has 9 heteroatoms. The van der Waals surface area contributed by atoms with Crippen LogP contribution in [0.3, 0.4) is 0 Å². The Bertz CT molecular complexity index is 1030. The molecule has 1 aromatic heterocycles. The number of hydrogen-bond acceptors (Lipinski definition) is 5. The highest BCUT2D eigenvalue weighted by Gasteiger charge is 2.34. The second-order valence-corrected chi connectivity index (χ2v) is 7.87. The quantitative estimate of drug-likeness (QED) is 0.422. The SMILES string of the molecule is C=C/C=C\N=C(/C)c1ccc(Cl)cc1N1CCCN(c2cc(C(F)(F)F)nc(C)n2)CC1. The number of aromatic nitrogens is 2. The molecule has 1 fully saturated rings. The minimum absolute atomic E-state index is 0.104. The van der Waals surface area contributed by atoms with E-state index < -0.39 is 11.9 Å². The molecule has 5 nitrogen and oxygen atoms in total. The molecule has 1 aliphatic rings. The van der Waals surface area contributed by atoms with Crippen molar-refractivity contribution < 1.29 is 13.2 Å². The number of nitrogens with zero attached hydrogens (tertiary/aromatic N) is 5. The summed E-state index contributed by atoms with van der Waals surface area (Å²) in [7, 11) is 0. The van der Waals surface area contributed by atoms with Crippen LogP contribution in [0, 0.1) is 6.92 Å². The Balaban J connectivity index is 1.86. The van der Waals surface area contributed by atoms with Crippen molar-refractivity contribution in [1.82, 2.24) is 9.97 Å². The maximum Gasteiger partial charge on any atom is 0.433 e. The highest BCUT2D eigenvalue weighted by Crippen LogP contribution is 2.31. The van der Waals surface area contributed by atoms with Gasteiger partial charge in [-0.2, -0.15) is 13.2 Å². The molecule has 0 bridgehead atoms. The van der Waals surface area contributed by atoms with Crippen LogP contribution in [-0.2, 0) is 6.18 Å². The fraction of sp³-hybridized carbons (Fsp3) is 0.348. The summed E-state index contributed by atoms with van der Waals surface area (Å²) < 4.78 is 39.6. The third-order valence-corrected chi connectivity index (χ3v) is 5.35. The van der Waals surface area contributed by atoms with Crippen LogP contribution in [0.2, 0.25) is 5.02 Å². The lowest BCUT2D eigenvalue weighted by molar-refractivity contribution is -0.141. The molecule has 1 saturated heterocycles. The minimum Gasteiger partial charge on any atom is -0.369 e. The van der Waals surface area contributed by atoms with Gasteiger partial charge in [-0.15, -0.1) is 0 Å². The largest absolute Gasteiger partial charge is 0.433 e. The van der Waals surface area contributed by atoms with Gasteiger partial charge >= 0.3 is 6.18 Å². The molecule has 3 rings (SSSR count). The van der Waals surface area contributed by atoms with Crippen molar-refractivity contribution in [2.75, 3.05) is 36.0 Å². The molecule has 0 saturated carbocycles. The van der Waals surface area contributed by atoms with Crippen molar-refractivity contribution in [2.45, 2.75) is 26.4 Å². The Morgan fingerprint density at radius 2 is 1.84 bits per heavy atom. The Kier molecular flexibility index (Phi) is 7.56. The normalized spacial score (nSPS) is 15.9. The first-order valence-corrected chi connectivity index (χ1v) is 10.6. The molecule has 0 unspecified atom stereocenters. The number of aryl methyl sites for hydroxylation is 1. The molecule has 1 aromatic carbocycles. The third-order valence-electron chi connectivity index (χ3n) is 5.12. The lowest BCUT2D eigenvalue weighted by Crippen LogP contribution is -2.32. The van der Waals surface area contributed by atoms with Gasteiger partial charge in [0.15, 0.2) is 0 Å². The van der Waals surface area contributed by atoms with Gasteiger partial charge in [0, 0.05) is 60.4 Å². The molecule has 2 aromatic rings. The first-order valence-electron chi connectivity index (χ1n) is 10.2. The number of rotatable bonds is 5. The monoisotopic (exact) mass is 463 g/mol.